The van der Waals surface area contributed by atoms with Crippen LogP contribution in [0.5, 0.6) is 0 Å². The van der Waals surface area contributed by atoms with E-state index in [1.807, 2.05) is 0 Å². The molecule has 0 atom stereocenters. The van der Waals surface area contributed by atoms with E-state index in [-0.39, 0.29) is 35.6 Å². The molecule has 0 saturated heterocycles. The van der Waals surface area contributed by atoms with Crippen molar-refractivity contribution in [1.29, 1.82) is 0 Å². The van der Waals surface area contributed by atoms with E-state index in [1.165, 1.54) is 0 Å². The van der Waals surface area contributed by atoms with Crippen molar-refractivity contribution in [1.82, 2.24) is 0 Å². The summed E-state index contributed by atoms with van der Waals surface area (Å²) in [6, 6.07) is 0. The van der Waals surface area contributed by atoms with Crippen molar-refractivity contribution >= 4 is 16.9 Å². The van der Waals surface area contributed by atoms with Gasteiger partial charge in [0.2, 0.25) is 0 Å². The fraction of sp³-hybridized carbons (Fsp3) is 0. The summed E-state index contributed by atoms with van der Waals surface area (Å²) >= 11 is 0. The normalized spacial score (nSPS) is 10.8. The summed E-state index contributed by atoms with van der Waals surface area (Å²) in [4.78, 5) is 55.0. The van der Waals surface area contributed by atoms with Crippen molar-refractivity contribution in [3.05, 3.63) is 0 Å². The Hall–Kier alpha value is 1.36. The maximum absolute atomic E-state index is 8.55. The average Bonchev–Trinajstić information content (AvgIpc) is 1.12. The average molecular weight is 330 g/mol. The molecule has 0 heterocycles. The fourth-order valence-corrected chi connectivity index (χ4v) is 0. The molecule has 0 aromatic carbocycles. The van der Waals surface area contributed by atoms with Gasteiger partial charge in [0.15, 0.2) is 0 Å². The molecule has 0 fully saturated rings. The SMILES string of the molecule is O=P([O-])([O-])[O-].O[Si](O)(O)O.[La+3]. The predicted octanol–water partition coefficient (Wildman–Crippen LogP) is -5.43. The van der Waals surface area contributed by atoms with Crippen molar-refractivity contribution in [2.24, 2.45) is 0 Å². The van der Waals surface area contributed by atoms with Gasteiger partial charge in [-0.05, 0) is 0 Å². The molecule has 0 saturated carbocycles. The van der Waals surface area contributed by atoms with E-state index in [0.29, 0.717) is 0 Å². The Kier molecular flexibility index (Phi) is 11.3. The van der Waals surface area contributed by atoms with Crippen LogP contribution in [0, 0.1) is 35.6 Å². The molecular formula is H4LaO8PSi. The van der Waals surface area contributed by atoms with E-state index in [4.69, 9.17) is 38.4 Å². The Morgan fingerprint density at radius 3 is 1.00 bits per heavy atom. The van der Waals surface area contributed by atoms with Crippen LogP contribution in [-0.4, -0.2) is 28.2 Å². The Labute approximate surface area is 90.5 Å². The zero-order chi connectivity index (χ0) is 9.00. The number of phosphoric acid groups is 1. The Balaban J connectivity index is -0.000000107. The molecular weight excluding hydrogens is 326 g/mol. The minimum atomic E-state index is -5.39. The summed E-state index contributed by atoms with van der Waals surface area (Å²) in [5.41, 5.74) is 0. The largest absolute Gasteiger partial charge is 3.00 e. The molecule has 4 N–H and O–H groups in total. The molecule has 0 radical (unpaired) electrons. The summed E-state index contributed by atoms with van der Waals surface area (Å²) in [5, 5.41) is 0. The molecule has 11 heavy (non-hydrogen) atoms. The number of hydrogen-bond acceptors (Lipinski definition) is 8. The second-order valence-electron chi connectivity index (χ2n) is 1.05. The van der Waals surface area contributed by atoms with Gasteiger partial charge in [-0.3, -0.25) is 0 Å². The van der Waals surface area contributed by atoms with Crippen molar-refractivity contribution in [3.8, 4) is 0 Å². The van der Waals surface area contributed by atoms with E-state index in [1.54, 1.807) is 0 Å². The van der Waals surface area contributed by atoms with Crippen molar-refractivity contribution in [2.75, 3.05) is 0 Å². The summed E-state index contributed by atoms with van der Waals surface area (Å²) in [5.74, 6) is 0. The Morgan fingerprint density at radius 2 is 1.00 bits per heavy atom. The van der Waals surface area contributed by atoms with E-state index >= 15 is 0 Å². The molecule has 0 aromatic heterocycles. The van der Waals surface area contributed by atoms with Crippen LogP contribution in [0.3, 0.4) is 0 Å². The van der Waals surface area contributed by atoms with Crippen molar-refractivity contribution in [3.63, 3.8) is 0 Å². The first-order valence-corrected chi connectivity index (χ1v) is 4.87. The number of hydrogen-bond donors (Lipinski definition) is 4. The van der Waals surface area contributed by atoms with Gasteiger partial charge in [-0.15, -0.1) is 0 Å². The molecule has 0 rings (SSSR count). The second kappa shape index (κ2) is 6.83. The molecule has 64 valence electrons. The molecule has 0 aliphatic heterocycles. The van der Waals surface area contributed by atoms with Crippen LogP contribution >= 0.6 is 7.82 Å². The van der Waals surface area contributed by atoms with E-state index in [0.717, 1.165) is 0 Å². The predicted molar refractivity (Wildman–Crippen MR) is 22.2 cm³/mol. The monoisotopic (exact) mass is 330 g/mol. The second-order valence-corrected chi connectivity index (χ2v) is 3.14. The summed E-state index contributed by atoms with van der Waals surface area (Å²) in [7, 11) is -10.0. The number of rotatable bonds is 0. The van der Waals surface area contributed by atoms with Gasteiger partial charge in [0, 0.05) is 0 Å². The third kappa shape index (κ3) is 537. The van der Waals surface area contributed by atoms with Gasteiger partial charge >= 0.3 is 44.6 Å². The first-order valence-electron chi connectivity index (χ1n) is 1.62. The van der Waals surface area contributed by atoms with Crippen molar-refractivity contribution < 1.29 is 74.0 Å². The minimum Gasteiger partial charge on any atom is -0.822 e. The first kappa shape index (κ1) is 18.2. The van der Waals surface area contributed by atoms with Crippen LogP contribution in [0.4, 0.5) is 0 Å². The molecule has 8 nitrogen and oxygen atoms in total. The van der Waals surface area contributed by atoms with Crippen LogP contribution in [0.25, 0.3) is 0 Å². The standard InChI is InChI=1S/La.H3O4P.H4O4Si/c;2*1-5(2,3)4/h;(H3,1,2,3,4);1-4H/q+3;;/p-3. The molecule has 0 spiro atoms. The van der Waals surface area contributed by atoms with Gasteiger partial charge < -0.3 is 38.4 Å². The van der Waals surface area contributed by atoms with Crippen LogP contribution in [0.1, 0.15) is 0 Å². The molecule has 0 aliphatic rings. The van der Waals surface area contributed by atoms with Crippen LogP contribution in [0.15, 0.2) is 0 Å². The quantitative estimate of drug-likeness (QED) is 0.252. The van der Waals surface area contributed by atoms with Gasteiger partial charge in [-0.25, -0.2) is 0 Å². The summed E-state index contributed by atoms with van der Waals surface area (Å²) in [6.45, 7) is 0. The third-order valence-corrected chi connectivity index (χ3v) is 0. The molecule has 0 amide bonds. The molecule has 0 bridgehead atoms. The van der Waals surface area contributed by atoms with Gasteiger partial charge in [0.1, 0.15) is 0 Å². The van der Waals surface area contributed by atoms with E-state index in [2.05, 4.69) is 0 Å². The maximum Gasteiger partial charge on any atom is 3.00 e. The van der Waals surface area contributed by atoms with Gasteiger partial charge in [-0.2, -0.15) is 7.82 Å². The smallest absolute Gasteiger partial charge is 0.822 e. The first-order chi connectivity index (χ1) is 4.00. The third-order valence-electron chi connectivity index (χ3n) is 0. The molecule has 0 aliphatic carbocycles. The Bertz CT molecular complexity index is 106. The fourth-order valence-electron chi connectivity index (χ4n) is 0. The van der Waals surface area contributed by atoms with Crippen LogP contribution in [-0.2, 0) is 4.57 Å². The zero-order valence-corrected chi connectivity index (χ0v) is 10.5. The minimum absolute atomic E-state index is 0. The van der Waals surface area contributed by atoms with Gasteiger partial charge in [0.25, 0.3) is 0 Å². The van der Waals surface area contributed by atoms with Crippen molar-refractivity contribution in [2.45, 2.75) is 0 Å². The molecule has 11 heteroatoms. The van der Waals surface area contributed by atoms with Crippen LogP contribution < -0.4 is 14.7 Å². The molecule has 0 aromatic rings. The summed E-state index contributed by atoms with van der Waals surface area (Å²) < 4.78 is 8.55. The van der Waals surface area contributed by atoms with Gasteiger partial charge in [-0.1, -0.05) is 0 Å². The van der Waals surface area contributed by atoms with Crippen LogP contribution in [0.2, 0.25) is 0 Å². The van der Waals surface area contributed by atoms with E-state index < -0.39 is 16.9 Å². The summed E-state index contributed by atoms with van der Waals surface area (Å²) in [6.07, 6.45) is 0. The van der Waals surface area contributed by atoms with E-state index in [9.17, 15) is 0 Å². The Morgan fingerprint density at radius 1 is 1.00 bits per heavy atom. The molecule has 0 unspecified atom stereocenters. The van der Waals surface area contributed by atoms with Gasteiger partial charge in [0.05, 0.1) is 0 Å². The topological polar surface area (TPSA) is 167 Å². The zero-order valence-electron chi connectivity index (χ0n) is 4.95. The maximum atomic E-state index is 8.55.